The fourth-order valence-corrected chi connectivity index (χ4v) is 1.83. The number of ether oxygens (including phenoxy) is 1. The lowest BCUT2D eigenvalue weighted by atomic mass is 10.1. The van der Waals surface area contributed by atoms with Gasteiger partial charge in [0.05, 0.1) is 4.92 Å². The Labute approximate surface area is 116 Å². The fraction of sp³-hybridized carbons (Fsp3) is 0.462. The van der Waals surface area contributed by atoms with E-state index in [-0.39, 0.29) is 11.3 Å². The average Bonchev–Trinajstić information content (AvgIpc) is 2.42. The predicted octanol–water partition coefficient (Wildman–Crippen LogP) is 2.52. The molecule has 0 heterocycles. The molecule has 0 aromatic heterocycles. The van der Waals surface area contributed by atoms with Crippen LogP contribution in [0, 0.1) is 10.1 Å². The minimum Gasteiger partial charge on any atom is -0.477 e. The van der Waals surface area contributed by atoms with Gasteiger partial charge in [0.25, 0.3) is 0 Å². The number of carbonyl (C=O) groups is 1. The van der Waals surface area contributed by atoms with E-state index in [4.69, 9.17) is 9.84 Å². The number of unbranched alkanes of at least 4 members (excludes halogenated alkanes) is 2. The minimum atomic E-state index is -1.31. The lowest BCUT2D eigenvalue weighted by Gasteiger charge is -2.08. The molecule has 1 aromatic rings. The molecule has 0 amide bonds. The van der Waals surface area contributed by atoms with Crippen molar-refractivity contribution in [2.75, 3.05) is 25.6 Å². The number of hydrogen-bond donors (Lipinski definition) is 2. The van der Waals surface area contributed by atoms with Gasteiger partial charge in [-0.05, 0) is 31.4 Å². The first kappa shape index (κ1) is 15.9. The number of carboxylic acids is 1. The van der Waals surface area contributed by atoms with E-state index in [0.717, 1.165) is 19.3 Å². The molecule has 20 heavy (non-hydrogen) atoms. The summed E-state index contributed by atoms with van der Waals surface area (Å²) in [5, 5.41) is 22.9. The number of anilines is 1. The van der Waals surface area contributed by atoms with Gasteiger partial charge in [0, 0.05) is 20.3 Å². The second kappa shape index (κ2) is 8.11. The molecule has 1 rings (SSSR count). The average molecular weight is 282 g/mol. The Kier molecular flexibility index (Phi) is 6.45. The molecule has 0 aliphatic carbocycles. The van der Waals surface area contributed by atoms with Gasteiger partial charge in [-0.3, -0.25) is 10.1 Å². The number of nitro benzene ring substituents is 1. The number of methoxy groups -OCH3 is 1. The molecule has 0 saturated carbocycles. The number of aromatic carboxylic acids is 1. The number of benzene rings is 1. The van der Waals surface area contributed by atoms with E-state index in [2.05, 4.69) is 5.32 Å². The summed E-state index contributed by atoms with van der Waals surface area (Å²) < 4.78 is 4.92. The number of nitrogens with zero attached hydrogens (tertiary/aromatic N) is 1. The molecule has 7 nitrogen and oxygen atoms in total. The molecule has 0 fully saturated rings. The third-order valence-electron chi connectivity index (χ3n) is 2.79. The Bertz CT molecular complexity index is 476. The maximum absolute atomic E-state index is 11.0. The van der Waals surface area contributed by atoms with Gasteiger partial charge >= 0.3 is 11.7 Å². The van der Waals surface area contributed by atoms with Crippen molar-refractivity contribution in [1.29, 1.82) is 0 Å². The molecular weight excluding hydrogens is 264 g/mol. The van der Waals surface area contributed by atoms with Gasteiger partial charge in [-0.25, -0.2) is 4.79 Å². The first-order valence-electron chi connectivity index (χ1n) is 6.31. The van der Waals surface area contributed by atoms with Gasteiger partial charge in [0.15, 0.2) is 0 Å². The van der Waals surface area contributed by atoms with Crippen LogP contribution < -0.4 is 5.32 Å². The molecule has 0 unspecified atom stereocenters. The summed E-state index contributed by atoms with van der Waals surface area (Å²) in [6, 6.07) is 4.23. The maximum atomic E-state index is 11.0. The molecule has 0 bridgehead atoms. The van der Waals surface area contributed by atoms with Crippen molar-refractivity contribution in [1.82, 2.24) is 0 Å². The molecular formula is C13H18N2O5. The lowest BCUT2D eigenvalue weighted by molar-refractivity contribution is -0.384. The number of carboxylic acid groups (broad SMARTS) is 1. The van der Waals surface area contributed by atoms with Crippen molar-refractivity contribution in [2.45, 2.75) is 19.3 Å². The zero-order valence-corrected chi connectivity index (χ0v) is 11.3. The largest absolute Gasteiger partial charge is 0.477 e. The van der Waals surface area contributed by atoms with Gasteiger partial charge in [-0.1, -0.05) is 6.07 Å². The highest BCUT2D eigenvalue weighted by molar-refractivity contribution is 5.95. The topological polar surface area (TPSA) is 102 Å². The number of nitrogens with one attached hydrogen (secondary N) is 1. The van der Waals surface area contributed by atoms with E-state index in [1.807, 2.05) is 0 Å². The summed E-state index contributed by atoms with van der Waals surface area (Å²) >= 11 is 0. The molecule has 0 aliphatic rings. The van der Waals surface area contributed by atoms with Crippen molar-refractivity contribution in [3.05, 3.63) is 33.9 Å². The highest BCUT2D eigenvalue weighted by Crippen LogP contribution is 2.28. The summed E-state index contributed by atoms with van der Waals surface area (Å²) in [5.74, 6) is -1.31. The van der Waals surface area contributed by atoms with Crippen LogP contribution >= 0.6 is 0 Å². The van der Waals surface area contributed by atoms with Crippen LogP contribution in [-0.4, -0.2) is 36.3 Å². The van der Waals surface area contributed by atoms with Crippen LogP contribution in [0.4, 0.5) is 11.4 Å². The van der Waals surface area contributed by atoms with Crippen molar-refractivity contribution >= 4 is 17.3 Å². The second-order valence-corrected chi connectivity index (χ2v) is 4.24. The third-order valence-corrected chi connectivity index (χ3v) is 2.79. The lowest BCUT2D eigenvalue weighted by Crippen LogP contribution is -2.09. The predicted molar refractivity (Wildman–Crippen MR) is 74.3 cm³/mol. The monoisotopic (exact) mass is 282 g/mol. The Hall–Kier alpha value is -2.15. The molecule has 0 saturated heterocycles. The molecule has 0 aliphatic heterocycles. The molecule has 110 valence electrons. The highest BCUT2D eigenvalue weighted by Gasteiger charge is 2.23. The smallest absolute Gasteiger partial charge is 0.342 e. The van der Waals surface area contributed by atoms with Gasteiger partial charge in [-0.15, -0.1) is 0 Å². The van der Waals surface area contributed by atoms with Crippen LogP contribution in [0.2, 0.25) is 0 Å². The van der Waals surface area contributed by atoms with Crippen LogP contribution in [0.3, 0.4) is 0 Å². The molecule has 7 heteroatoms. The summed E-state index contributed by atoms with van der Waals surface area (Å²) in [7, 11) is 1.64. The Morgan fingerprint density at radius 2 is 2.15 bits per heavy atom. The van der Waals surface area contributed by atoms with E-state index in [1.54, 1.807) is 7.11 Å². The van der Waals surface area contributed by atoms with E-state index in [0.29, 0.717) is 13.2 Å². The van der Waals surface area contributed by atoms with Gasteiger partial charge < -0.3 is 15.2 Å². The minimum absolute atomic E-state index is 0.238. The summed E-state index contributed by atoms with van der Waals surface area (Å²) in [6.45, 7) is 1.24. The van der Waals surface area contributed by atoms with Crippen LogP contribution in [-0.2, 0) is 4.74 Å². The fourth-order valence-electron chi connectivity index (χ4n) is 1.83. The Balaban J connectivity index is 2.67. The normalized spacial score (nSPS) is 10.2. The highest BCUT2D eigenvalue weighted by atomic mass is 16.6. The zero-order chi connectivity index (χ0) is 15.0. The Morgan fingerprint density at radius 1 is 1.40 bits per heavy atom. The van der Waals surface area contributed by atoms with Gasteiger partial charge in [0.1, 0.15) is 11.3 Å². The first-order valence-corrected chi connectivity index (χ1v) is 6.31. The summed E-state index contributed by atoms with van der Waals surface area (Å²) in [4.78, 5) is 21.3. The zero-order valence-electron chi connectivity index (χ0n) is 11.3. The van der Waals surface area contributed by atoms with E-state index >= 15 is 0 Å². The first-order chi connectivity index (χ1) is 9.57. The van der Waals surface area contributed by atoms with Crippen molar-refractivity contribution in [3.8, 4) is 0 Å². The molecule has 2 N–H and O–H groups in total. The third kappa shape index (κ3) is 4.51. The summed E-state index contributed by atoms with van der Waals surface area (Å²) in [6.07, 6.45) is 2.69. The molecule has 0 spiro atoms. The second-order valence-electron chi connectivity index (χ2n) is 4.24. The number of rotatable bonds is 9. The van der Waals surface area contributed by atoms with E-state index in [1.165, 1.54) is 18.2 Å². The van der Waals surface area contributed by atoms with Crippen molar-refractivity contribution < 1.29 is 19.6 Å². The molecule has 0 atom stereocenters. The quantitative estimate of drug-likeness (QED) is 0.410. The van der Waals surface area contributed by atoms with Gasteiger partial charge in [-0.2, -0.15) is 0 Å². The molecule has 0 radical (unpaired) electrons. The van der Waals surface area contributed by atoms with E-state index in [9.17, 15) is 14.9 Å². The van der Waals surface area contributed by atoms with Crippen molar-refractivity contribution in [2.24, 2.45) is 0 Å². The van der Waals surface area contributed by atoms with Crippen LogP contribution in [0.15, 0.2) is 18.2 Å². The van der Waals surface area contributed by atoms with E-state index < -0.39 is 16.6 Å². The van der Waals surface area contributed by atoms with Gasteiger partial charge in [0.2, 0.25) is 0 Å². The number of hydrogen-bond acceptors (Lipinski definition) is 5. The van der Waals surface area contributed by atoms with Crippen LogP contribution in [0.25, 0.3) is 0 Å². The maximum Gasteiger partial charge on any atom is 0.342 e. The van der Waals surface area contributed by atoms with Crippen LogP contribution in [0.1, 0.15) is 29.6 Å². The van der Waals surface area contributed by atoms with Crippen LogP contribution in [0.5, 0.6) is 0 Å². The number of para-hydroxylation sites is 1. The standard InChI is InChI=1S/C13H18N2O5/c1-20-9-4-2-3-8-14-11-7-5-6-10(13(16)17)12(11)15(18)19/h5-7,14H,2-4,8-9H2,1H3,(H,16,17). The number of nitro groups is 1. The SMILES string of the molecule is COCCCCCNc1cccc(C(=O)O)c1[N+](=O)[O-]. The summed E-state index contributed by atoms with van der Waals surface area (Å²) in [5.41, 5.74) is -0.460. The molecule has 1 aromatic carbocycles. The van der Waals surface area contributed by atoms with Crippen molar-refractivity contribution in [3.63, 3.8) is 0 Å². The Morgan fingerprint density at radius 3 is 2.75 bits per heavy atom.